The van der Waals surface area contributed by atoms with Crippen LogP contribution in [0.4, 0.5) is 0 Å². The van der Waals surface area contributed by atoms with E-state index in [2.05, 4.69) is 5.32 Å². The molecule has 1 saturated carbocycles. The van der Waals surface area contributed by atoms with E-state index in [1.54, 1.807) is 11.9 Å². The molecule has 0 bridgehead atoms. The van der Waals surface area contributed by atoms with Crippen LogP contribution in [0.15, 0.2) is 18.2 Å². The van der Waals surface area contributed by atoms with E-state index >= 15 is 0 Å². The zero-order chi connectivity index (χ0) is 14.5. The minimum Gasteiger partial charge on any atom is -0.483 e. The van der Waals surface area contributed by atoms with Crippen LogP contribution in [0.3, 0.4) is 0 Å². The Morgan fingerprint density at radius 2 is 2.25 bits per heavy atom. The van der Waals surface area contributed by atoms with Gasteiger partial charge < -0.3 is 15.0 Å². The Balaban J connectivity index is 1.98. The number of carbonyl (C=O) groups is 1. The quantitative estimate of drug-likeness (QED) is 0.840. The highest BCUT2D eigenvalue weighted by Gasteiger charge is 2.21. The number of carbonyl (C=O) groups excluding carboxylic acids is 1. The summed E-state index contributed by atoms with van der Waals surface area (Å²) in [5.41, 5.74) is 0.924. The number of amides is 1. The minimum atomic E-state index is -0.0337. The summed E-state index contributed by atoms with van der Waals surface area (Å²) in [6, 6.07) is 6.14. The lowest BCUT2D eigenvalue weighted by Crippen LogP contribution is -2.31. The monoisotopic (exact) mass is 296 g/mol. The molecule has 1 amide bonds. The highest BCUT2D eigenvalue weighted by atomic mass is 35.5. The fourth-order valence-corrected chi connectivity index (χ4v) is 2.04. The van der Waals surface area contributed by atoms with E-state index in [0.29, 0.717) is 29.9 Å². The van der Waals surface area contributed by atoms with E-state index < -0.39 is 0 Å². The van der Waals surface area contributed by atoms with Crippen LogP contribution >= 0.6 is 11.6 Å². The molecule has 20 heavy (non-hydrogen) atoms. The van der Waals surface area contributed by atoms with Crippen molar-refractivity contribution in [2.24, 2.45) is 0 Å². The number of hydrogen-bond donors (Lipinski definition) is 1. The zero-order valence-corrected chi connectivity index (χ0v) is 12.7. The van der Waals surface area contributed by atoms with Gasteiger partial charge in [-0.3, -0.25) is 4.79 Å². The molecule has 1 aromatic rings. The molecule has 0 saturated heterocycles. The Hall–Kier alpha value is -1.26. The Labute approximate surface area is 125 Å². The first-order valence-corrected chi connectivity index (χ1v) is 7.37. The predicted octanol–water partition coefficient (Wildman–Crippen LogP) is 2.45. The SMILES string of the molecule is CCN(C)C(=O)COc1cccc(Cl)c1CNC1CC1. The van der Waals surface area contributed by atoms with Crippen LogP contribution in [0.5, 0.6) is 5.75 Å². The summed E-state index contributed by atoms with van der Waals surface area (Å²) in [6.45, 7) is 3.33. The molecule has 0 aromatic heterocycles. The molecule has 0 radical (unpaired) electrons. The third-order valence-electron chi connectivity index (χ3n) is 3.47. The maximum absolute atomic E-state index is 11.8. The van der Waals surface area contributed by atoms with Gasteiger partial charge in [-0.2, -0.15) is 0 Å². The van der Waals surface area contributed by atoms with E-state index in [4.69, 9.17) is 16.3 Å². The highest BCUT2D eigenvalue weighted by molar-refractivity contribution is 6.31. The summed E-state index contributed by atoms with van der Waals surface area (Å²) in [5.74, 6) is 0.650. The number of nitrogens with one attached hydrogen (secondary N) is 1. The summed E-state index contributed by atoms with van der Waals surface area (Å²) in [4.78, 5) is 13.4. The van der Waals surface area contributed by atoms with Gasteiger partial charge in [-0.1, -0.05) is 17.7 Å². The number of nitrogens with zero attached hydrogens (tertiary/aromatic N) is 1. The fraction of sp³-hybridized carbons (Fsp3) is 0.533. The summed E-state index contributed by atoms with van der Waals surface area (Å²) in [6.07, 6.45) is 2.45. The summed E-state index contributed by atoms with van der Waals surface area (Å²) in [7, 11) is 1.76. The lowest BCUT2D eigenvalue weighted by Gasteiger charge is -2.17. The normalized spacial score (nSPS) is 14.2. The second-order valence-corrected chi connectivity index (χ2v) is 5.48. The molecule has 110 valence electrons. The summed E-state index contributed by atoms with van der Waals surface area (Å²) >= 11 is 6.22. The third kappa shape index (κ3) is 4.12. The van der Waals surface area contributed by atoms with E-state index in [0.717, 1.165) is 5.56 Å². The van der Waals surface area contributed by atoms with Gasteiger partial charge in [-0.15, -0.1) is 0 Å². The van der Waals surface area contributed by atoms with E-state index in [-0.39, 0.29) is 12.5 Å². The van der Waals surface area contributed by atoms with Gasteiger partial charge in [0.15, 0.2) is 6.61 Å². The van der Waals surface area contributed by atoms with Crippen LogP contribution in [0.1, 0.15) is 25.3 Å². The van der Waals surface area contributed by atoms with Gasteiger partial charge in [0.2, 0.25) is 0 Å². The van der Waals surface area contributed by atoms with Crippen molar-refractivity contribution in [1.82, 2.24) is 10.2 Å². The first kappa shape index (κ1) is 15.1. The molecular formula is C15H21ClN2O2. The Bertz CT molecular complexity index is 475. The Morgan fingerprint density at radius 3 is 2.90 bits per heavy atom. The second kappa shape index (κ2) is 6.95. The van der Waals surface area contributed by atoms with Crippen LogP contribution in [-0.2, 0) is 11.3 Å². The van der Waals surface area contributed by atoms with Crippen molar-refractivity contribution >= 4 is 17.5 Å². The molecule has 0 heterocycles. The van der Waals surface area contributed by atoms with E-state index in [1.807, 2.05) is 25.1 Å². The molecule has 0 atom stereocenters. The number of ether oxygens (including phenoxy) is 1. The molecule has 1 fully saturated rings. The molecule has 2 rings (SSSR count). The second-order valence-electron chi connectivity index (χ2n) is 5.07. The van der Waals surface area contributed by atoms with Crippen LogP contribution in [0, 0.1) is 0 Å². The number of halogens is 1. The minimum absolute atomic E-state index is 0.0337. The zero-order valence-electron chi connectivity index (χ0n) is 12.0. The van der Waals surface area contributed by atoms with Crippen molar-refractivity contribution in [1.29, 1.82) is 0 Å². The van der Waals surface area contributed by atoms with Crippen molar-refractivity contribution in [3.05, 3.63) is 28.8 Å². The van der Waals surface area contributed by atoms with Crippen LogP contribution < -0.4 is 10.1 Å². The van der Waals surface area contributed by atoms with Crippen LogP contribution in [0.2, 0.25) is 5.02 Å². The van der Waals surface area contributed by atoms with Gasteiger partial charge in [0.05, 0.1) is 0 Å². The van der Waals surface area contributed by atoms with Crippen molar-refractivity contribution in [3.63, 3.8) is 0 Å². The molecule has 5 heteroatoms. The number of rotatable bonds is 7. The Morgan fingerprint density at radius 1 is 1.50 bits per heavy atom. The first-order valence-electron chi connectivity index (χ1n) is 6.99. The van der Waals surface area contributed by atoms with Gasteiger partial charge in [-0.05, 0) is 31.9 Å². The Kier molecular flexibility index (Phi) is 5.26. The predicted molar refractivity (Wildman–Crippen MR) is 80.1 cm³/mol. The lowest BCUT2D eigenvalue weighted by molar-refractivity contribution is -0.131. The van der Waals surface area contributed by atoms with Crippen molar-refractivity contribution < 1.29 is 9.53 Å². The molecule has 1 N–H and O–H groups in total. The van der Waals surface area contributed by atoms with Gasteiger partial charge in [0.1, 0.15) is 5.75 Å². The van der Waals surface area contributed by atoms with Crippen LogP contribution in [-0.4, -0.2) is 37.0 Å². The molecule has 4 nitrogen and oxygen atoms in total. The molecule has 0 aliphatic heterocycles. The van der Waals surface area contributed by atoms with Gasteiger partial charge >= 0.3 is 0 Å². The first-order chi connectivity index (χ1) is 9.61. The maximum atomic E-state index is 11.8. The molecule has 1 aliphatic carbocycles. The standard InChI is InChI=1S/C15H21ClN2O2/c1-3-18(2)15(19)10-20-14-6-4-5-13(16)12(14)9-17-11-7-8-11/h4-6,11,17H,3,7-10H2,1-2H3. The van der Waals surface area contributed by atoms with Crippen LogP contribution in [0.25, 0.3) is 0 Å². The molecule has 1 aromatic carbocycles. The van der Waals surface area contributed by atoms with Crippen molar-refractivity contribution in [3.8, 4) is 5.75 Å². The smallest absolute Gasteiger partial charge is 0.260 e. The molecule has 0 spiro atoms. The maximum Gasteiger partial charge on any atom is 0.260 e. The number of hydrogen-bond acceptors (Lipinski definition) is 3. The average Bonchev–Trinajstić information content (AvgIpc) is 3.26. The molecule has 1 aliphatic rings. The average molecular weight is 297 g/mol. The van der Waals surface area contributed by atoms with Gasteiger partial charge in [0.25, 0.3) is 5.91 Å². The largest absolute Gasteiger partial charge is 0.483 e. The number of likely N-dealkylation sites (N-methyl/N-ethyl adjacent to an activating group) is 1. The van der Waals surface area contributed by atoms with Gasteiger partial charge in [-0.25, -0.2) is 0 Å². The van der Waals surface area contributed by atoms with E-state index in [9.17, 15) is 4.79 Å². The number of benzene rings is 1. The molecular weight excluding hydrogens is 276 g/mol. The van der Waals surface area contributed by atoms with E-state index in [1.165, 1.54) is 12.8 Å². The fourth-order valence-electron chi connectivity index (χ4n) is 1.81. The topological polar surface area (TPSA) is 41.6 Å². The third-order valence-corrected chi connectivity index (χ3v) is 3.83. The summed E-state index contributed by atoms with van der Waals surface area (Å²) in [5, 5.41) is 4.09. The lowest BCUT2D eigenvalue weighted by atomic mass is 10.2. The molecule has 0 unspecified atom stereocenters. The van der Waals surface area contributed by atoms with Crippen molar-refractivity contribution in [2.45, 2.75) is 32.4 Å². The highest BCUT2D eigenvalue weighted by Crippen LogP contribution is 2.28. The summed E-state index contributed by atoms with van der Waals surface area (Å²) < 4.78 is 5.64. The van der Waals surface area contributed by atoms with Crippen molar-refractivity contribution in [2.75, 3.05) is 20.2 Å². The van der Waals surface area contributed by atoms with Gasteiger partial charge in [0, 0.05) is 36.8 Å².